The third-order valence-corrected chi connectivity index (χ3v) is 4.46. The van der Waals surface area contributed by atoms with Gasteiger partial charge in [0.25, 0.3) is 0 Å². The van der Waals surface area contributed by atoms with Crippen LogP contribution >= 0.6 is 0 Å². The number of carbonyl (C=O) groups excluding carboxylic acids is 2. The number of ether oxygens (including phenoxy) is 2. The lowest BCUT2D eigenvalue weighted by Gasteiger charge is -2.14. The molecule has 30 heavy (non-hydrogen) atoms. The van der Waals surface area contributed by atoms with Crippen molar-refractivity contribution < 1.29 is 32.2 Å². The van der Waals surface area contributed by atoms with Crippen molar-refractivity contribution in [2.75, 3.05) is 31.7 Å². The summed E-state index contributed by atoms with van der Waals surface area (Å²) in [5, 5.41) is 9.01. The first-order valence-corrected chi connectivity index (χ1v) is 9.35. The molecular formula is C19H21F3N4O4. The number of nitrogens with zero attached hydrogens (tertiary/aromatic N) is 2. The zero-order chi connectivity index (χ0) is 21.7. The predicted molar refractivity (Wildman–Crippen MR) is 100 cm³/mol. The number of halogens is 3. The molecule has 3 rings (SSSR count). The Labute approximate surface area is 170 Å². The molecule has 0 bridgehead atoms. The van der Waals surface area contributed by atoms with Crippen molar-refractivity contribution >= 4 is 17.7 Å². The third kappa shape index (κ3) is 5.09. The van der Waals surface area contributed by atoms with Crippen molar-refractivity contribution in [3.63, 3.8) is 0 Å². The van der Waals surface area contributed by atoms with Crippen LogP contribution in [0.25, 0.3) is 5.69 Å². The Morgan fingerprint density at radius 2 is 2.17 bits per heavy atom. The van der Waals surface area contributed by atoms with Crippen molar-refractivity contribution in [2.24, 2.45) is 5.92 Å². The fourth-order valence-electron chi connectivity index (χ4n) is 3.05. The molecule has 11 heteroatoms. The molecule has 2 amide bonds. The van der Waals surface area contributed by atoms with Gasteiger partial charge in [0.05, 0.1) is 25.1 Å². The molecule has 0 saturated carbocycles. The maximum atomic E-state index is 13.6. The largest absolute Gasteiger partial charge is 0.462 e. The van der Waals surface area contributed by atoms with E-state index < -0.39 is 29.4 Å². The Hall–Kier alpha value is -3.08. The van der Waals surface area contributed by atoms with Gasteiger partial charge in [0.15, 0.2) is 5.69 Å². The molecule has 2 aromatic rings. The number of amides is 2. The average Bonchev–Trinajstić information content (AvgIpc) is 3.36. The zero-order valence-corrected chi connectivity index (χ0v) is 16.2. The van der Waals surface area contributed by atoms with E-state index in [-0.39, 0.29) is 23.9 Å². The summed E-state index contributed by atoms with van der Waals surface area (Å²) in [7, 11) is 0. The number of hydrogen-bond acceptors (Lipinski definition) is 5. The lowest BCUT2D eigenvalue weighted by molar-refractivity contribution is -0.143. The van der Waals surface area contributed by atoms with Crippen molar-refractivity contribution in [1.82, 2.24) is 15.1 Å². The fourth-order valence-corrected chi connectivity index (χ4v) is 3.05. The predicted octanol–water partition coefficient (Wildman–Crippen LogP) is 3.23. The van der Waals surface area contributed by atoms with Crippen LogP contribution in [-0.2, 0) is 15.7 Å². The number of benzene rings is 1. The van der Waals surface area contributed by atoms with E-state index in [0.29, 0.717) is 24.4 Å². The van der Waals surface area contributed by atoms with Gasteiger partial charge >= 0.3 is 18.2 Å². The van der Waals surface area contributed by atoms with Gasteiger partial charge in [-0.15, -0.1) is 0 Å². The molecular weight excluding hydrogens is 405 g/mol. The number of alkyl halides is 3. The number of aromatic nitrogens is 2. The van der Waals surface area contributed by atoms with E-state index in [2.05, 4.69) is 15.7 Å². The van der Waals surface area contributed by atoms with Crippen LogP contribution in [0.5, 0.6) is 0 Å². The van der Waals surface area contributed by atoms with E-state index in [0.717, 1.165) is 12.6 Å². The molecule has 1 aliphatic rings. The van der Waals surface area contributed by atoms with Crippen LogP contribution in [0, 0.1) is 5.92 Å². The first kappa shape index (κ1) is 21.6. The summed E-state index contributed by atoms with van der Waals surface area (Å²) in [5.74, 6) is -0.873. The van der Waals surface area contributed by atoms with Gasteiger partial charge in [-0.25, -0.2) is 14.3 Å². The van der Waals surface area contributed by atoms with Crippen molar-refractivity contribution in [2.45, 2.75) is 19.5 Å². The van der Waals surface area contributed by atoms with E-state index in [1.165, 1.54) is 31.2 Å². The molecule has 2 heterocycles. The minimum absolute atomic E-state index is 0.0277. The fraction of sp³-hybridized carbons (Fsp3) is 0.421. The average molecular weight is 426 g/mol. The summed E-state index contributed by atoms with van der Waals surface area (Å²) in [6.45, 7) is 3.11. The Kier molecular flexibility index (Phi) is 6.60. The minimum Gasteiger partial charge on any atom is -0.462 e. The van der Waals surface area contributed by atoms with E-state index >= 15 is 0 Å². The molecule has 1 saturated heterocycles. The Morgan fingerprint density at radius 3 is 2.83 bits per heavy atom. The lowest BCUT2D eigenvalue weighted by atomic mass is 10.1. The first-order chi connectivity index (χ1) is 14.3. The Bertz CT molecular complexity index is 907. The molecule has 2 N–H and O–H groups in total. The number of nitrogens with one attached hydrogen (secondary N) is 2. The smallest absolute Gasteiger partial charge is 0.434 e. The second kappa shape index (κ2) is 9.16. The summed E-state index contributed by atoms with van der Waals surface area (Å²) < 4.78 is 51.4. The summed E-state index contributed by atoms with van der Waals surface area (Å²) in [6.07, 6.45) is -3.17. The van der Waals surface area contributed by atoms with Crippen molar-refractivity contribution in [3.05, 3.63) is 41.7 Å². The van der Waals surface area contributed by atoms with Gasteiger partial charge in [0.2, 0.25) is 0 Å². The third-order valence-electron chi connectivity index (χ3n) is 4.46. The number of anilines is 1. The van der Waals surface area contributed by atoms with Crippen LogP contribution in [0.15, 0.2) is 30.5 Å². The molecule has 1 fully saturated rings. The Balaban J connectivity index is 1.79. The highest BCUT2D eigenvalue weighted by atomic mass is 19.4. The standard InChI is InChI=1S/C19H21F3N4O4/c1-2-30-17(27)15-10-24-26(16(15)19(20,21)22)14-5-3-4-13(8-14)25-18(28)23-9-12-6-7-29-11-12/h3-5,8,10,12H,2,6-7,9,11H2,1H3,(H2,23,25,28)/t12-/m1/s1. The van der Waals surface area contributed by atoms with Crippen LogP contribution in [0.2, 0.25) is 0 Å². The van der Waals surface area contributed by atoms with Crippen LogP contribution in [0.3, 0.4) is 0 Å². The minimum atomic E-state index is -4.84. The normalized spacial score (nSPS) is 16.3. The molecule has 1 atom stereocenters. The van der Waals surface area contributed by atoms with Crippen LogP contribution in [0.1, 0.15) is 29.4 Å². The van der Waals surface area contributed by atoms with Crippen LogP contribution in [0.4, 0.5) is 23.7 Å². The van der Waals surface area contributed by atoms with E-state index in [1.54, 1.807) is 0 Å². The second-order valence-corrected chi connectivity index (χ2v) is 6.65. The molecule has 0 unspecified atom stereocenters. The van der Waals surface area contributed by atoms with Gasteiger partial charge in [-0.1, -0.05) is 6.07 Å². The highest BCUT2D eigenvalue weighted by Crippen LogP contribution is 2.34. The molecule has 162 valence electrons. The number of carbonyl (C=O) groups is 2. The van der Waals surface area contributed by atoms with E-state index in [1.807, 2.05) is 0 Å². The highest BCUT2D eigenvalue weighted by Gasteiger charge is 2.41. The second-order valence-electron chi connectivity index (χ2n) is 6.65. The highest BCUT2D eigenvalue weighted by molar-refractivity contribution is 5.91. The van der Waals surface area contributed by atoms with Gasteiger partial charge in [0.1, 0.15) is 5.56 Å². The zero-order valence-electron chi connectivity index (χ0n) is 16.2. The molecule has 0 radical (unpaired) electrons. The number of rotatable bonds is 6. The molecule has 0 aliphatic carbocycles. The van der Waals surface area contributed by atoms with Crippen LogP contribution < -0.4 is 10.6 Å². The number of hydrogen-bond donors (Lipinski definition) is 2. The molecule has 1 aromatic heterocycles. The van der Waals surface area contributed by atoms with Crippen LogP contribution in [-0.4, -0.2) is 48.1 Å². The van der Waals surface area contributed by atoms with Crippen molar-refractivity contribution in [3.8, 4) is 5.69 Å². The molecule has 1 aliphatic heterocycles. The quantitative estimate of drug-likeness (QED) is 0.692. The van der Waals surface area contributed by atoms with Gasteiger partial charge in [-0.2, -0.15) is 18.3 Å². The molecule has 1 aromatic carbocycles. The van der Waals surface area contributed by atoms with Gasteiger partial charge in [0, 0.05) is 24.8 Å². The first-order valence-electron chi connectivity index (χ1n) is 9.35. The maximum absolute atomic E-state index is 13.6. The monoisotopic (exact) mass is 426 g/mol. The topological polar surface area (TPSA) is 94.5 Å². The number of urea groups is 1. The van der Waals surface area contributed by atoms with Gasteiger partial charge in [-0.3, -0.25) is 0 Å². The van der Waals surface area contributed by atoms with Crippen molar-refractivity contribution in [1.29, 1.82) is 0 Å². The summed E-state index contributed by atoms with van der Waals surface area (Å²) in [5.41, 5.74) is -1.63. The SMILES string of the molecule is CCOC(=O)c1cnn(-c2cccc(NC(=O)NC[C@H]3CCOC3)c2)c1C(F)(F)F. The summed E-state index contributed by atoms with van der Waals surface area (Å²) >= 11 is 0. The summed E-state index contributed by atoms with van der Waals surface area (Å²) in [4.78, 5) is 24.0. The van der Waals surface area contributed by atoms with Gasteiger partial charge in [-0.05, 0) is 31.5 Å². The number of esters is 1. The van der Waals surface area contributed by atoms with E-state index in [4.69, 9.17) is 9.47 Å². The molecule has 8 nitrogen and oxygen atoms in total. The van der Waals surface area contributed by atoms with E-state index in [9.17, 15) is 22.8 Å². The van der Waals surface area contributed by atoms with Gasteiger partial charge < -0.3 is 20.1 Å². The maximum Gasteiger partial charge on any atom is 0.434 e. The molecule has 0 spiro atoms. The Morgan fingerprint density at radius 1 is 1.37 bits per heavy atom. The summed E-state index contributed by atoms with van der Waals surface area (Å²) in [6, 6.07) is 5.24. The lowest BCUT2D eigenvalue weighted by Crippen LogP contribution is -2.33.